The zero-order valence-electron chi connectivity index (χ0n) is 16.9. The number of rotatable bonds is 5. The number of nitrogens with one attached hydrogen (secondary N) is 1. The molecular formula is C22H23N3O4. The van der Waals surface area contributed by atoms with Crippen LogP contribution in [0, 0.1) is 0 Å². The second-order valence-electron chi connectivity index (χ2n) is 6.70. The van der Waals surface area contributed by atoms with Crippen LogP contribution in [-0.2, 0) is 9.53 Å². The van der Waals surface area contributed by atoms with Crippen LogP contribution in [0.5, 0.6) is 11.5 Å². The summed E-state index contributed by atoms with van der Waals surface area (Å²) < 4.78 is 18.3. The standard InChI is InChI=1S/C22H23N3O4/c1-5-29-17-11-10-14(12-18(17)27-3)20-19(21(26)28-4)13(2)23-22-24-15-8-6-7-9-16(15)25(20)22/h6-12,20H,5H2,1-4H3,(H,23,24)/t20-/m1/s1. The van der Waals surface area contributed by atoms with Crippen molar-refractivity contribution in [2.75, 3.05) is 26.1 Å². The van der Waals surface area contributed by atoms with Crippen molar-refractivity contribution >= 4 is 23.0 Å². The van der Waals surface area contributed by atoms with Gasteiger partial charge in [0.1, 0.15) is 0 Å². The molecule has 0 saturated carbocycles. The monoisotopic (exact) mass is 393 g/mol. The number of aromatic nitrogens is 2. The summed E-state index contributed by atoms with van der Waals surface area (Å²) in [6.45, 7) is 4.31. The number of hydrogen-bond donors (Lipinski definition) is 1. The molecule has 0 aliphatic carbocycles. The normalized spacial score (nSPS) is 15.7. The zero-order valence-corrected chi connectivity index (χ0v) is 16.9. The molecule has 0 radical (unpaired) electrons. The van der Waals surface area contributed by atoms with Gasteiger partial charge in [0.05, 0.1) is 43.5 Å². The number of allylic oxidation sites excluding steroid dienone is 1. The van der Waals surface area contributed by atoms with Gasteiger partial charge >= 0.3 is 5.97 Å². The number of para-hydroxylation sites is 2. The van der Waals surface area contributed by atoms with E-state index >= 15 is 0 Å². The fourth-order valence-corrected chi connectivity index (χ4v) is 3.78. The van der Waals surface area contributed by atoms with Gasteiger partial charge in [-0.1, -0.05) is 18.2 Å². The Morgan fingerprint density at radius 3 is 2.69 bits per heavy atom. The molecule has 7 heteroatoms. The molecular weight excluding hydrogens is 370 g/mol. The lowest BCUT2D eigenvalue weighted by Crippen LogP contribution is -2.28. The van der Waals surface area contributed by atoms with E-state index < -0.39 is 12.0 Å². The topological polar surface area (TPSA) is 74.6 Å². The van der Waals surface area contributed by atoms with Gasteiger partial charge in [-0.15, -0.1) is 0 Å². The van der Waals surface area contributed by atoms with E-state index in [0.29, 0.717) is 35.3 Å². The van der Waals surface area contributed by atoms with Gasteiger partial charge in [-0.25, -0.2) is 9.78 Å². The zero-order chi connectivity index (χ0) is 20.5. The Kier molecular flexibility index (Phi) is 4.88. The predicted octanol–water partition coefficient (Wildman–Crippen LogP) is 3.91. The number of hydrogen-bond acceptors (Lipinski definition) is 6. The Balaban J connectivity index is 1.96. The number of imidazole rings is 1. The molecule has 2 aromatic carbocycles. The number of nitrogens with zero attached hydrogens (tertiary/aromatic N) is 2. The number of esters is 1. The van der Waals surface area contributed by atoms with Gasteiger partial charge in [-0.3, -0.25) is 4.57 Å². The summed E-state index contributed by atoms with van der Waals surface area (Å²) in [5.74, 6) is 1.55. The van der Waals surface area contributed by atoms with Gasteiger partial charge in [0, 0.05) is 5.70 Å². The average Bonchev–Trinajstić information content (AvgIpc) is 3.10. The van der Waals surface area contributed by atoms with Crippen LogP contribution in [0.4, 0.5) is 5.95 Å². The molecule has 1 aliphatic heterocycles. The number of anilines is 1. The highest BCUT2D eigenvalue weighted by molar-refractivity contribution is 5.94. The Morgan fingerprint density at radius 1 is 1.17 bits per heavy atom. The quantitative estimate of drug-likeness (QED) is 0.663. The van der Waals surface area contributed by atoms with Crippen molar-refractivity contribution in [2.24, 2.45) is 0 Å². The second-order valence-corrected chi connectivity index (χ2v) is 6.70. The molecule has 0 bridgehead atoms. The average molecular weight is 393 g/mol. The molecule has 1 aliphatic rings. The van der Waals surface area contributed by atoms with E-state index in [-0.39, 0.29) is 0 Å². The van der Waals surface area contributed by atoms with Gasteiger partial charge in [0.2, 0.25) is 5.95 Å². The Bertz CT molecular complexity index is 1120. The van der Waals surface area contributed by atoms with Crippen LogP contribution in [-0.4, -0.2) is 36.3 Å². The van der Waals surface area contributed by atoms with Crippen LogP contribution < -0.4 is 14.8 Å². The molecule has 1 N–H and O–H groups in total. The largest absolute Gasteiger partial charge is 0.493 e. The van der Waals surface area contributed by atoms with Crippen molar-refractivity contribution in [1.29, 1.82) is 0 Å². The predicted molar refractivity (Wildman–Crippen MR) is 110 cm³/mol. The first kappa shape index (κ1) is 18.9. The molecule has 150 valence electrons. The van der Waals surface area contributed by atoms with Crippen molar-refractivity contribution in [3.63, 3.8) is 0 Å². The summed E-state index contributed by atoms with van der Waals surface area (Å²) in [6.07, 6.45) is 0. The van der Waals surface area contributed by atoms with Crippen molar-refractivity contribution in [3.05, 3.63) is 59.3 Å². The third-order valence-corrected chi connectivity index (χ3v) is 5.04. The maximum absolute atomic E-state index is 12.7. The lowest BCUT2D eigenvalue weighted by molar-refractivity contribution is -0.136. The van der Waals surface area contributed by atoms with Crippen LogP contribution in [0.2, 0.25) is 0 Å². The highest BCUT2D eigenvalue weighted by Crippen LogP contribution is 2.41. The number of carbonyl (C=O) groups excluding carboxylic acids is 1. The molecule has 7 nitrogen and oxygen atoms in total. The molecule has 0 unspecified atom stereocenters. The fraction of sp³-hybridized carbons (Fsp3) is 0.273. The van der Waals surface area contributed by atoms with E-state index in [1.807, 2.05) is 60.9 Å². The van der Waals surface area contributed by atoms with Crippen molar-refractivity contribution in [1.82, 2.24) is 9.55 Å². The number of benzene rings is 2. The molecule has 0 saturated heterocycles. The molecule has 0 fully saturated rings. The van der Waals surface area contributed by atoms with Gasteiger partial charge in [0.15, 0.2) is 11.5 Å². The van der Waals surface area contributed by atoms with E-state index in [1.165, 1.54) is 7.11 Å². The number of methoxy groups -OCH3 is 2. The summed E-state index contributed by atoms with van der Waals surface area (Å²) >= 11 is 0. The molecule has 29 heavy (non-hydrogen) atoms. The fourth-order valence-electron chi connectivity index (χ4n) is 3.78. The summed E-state index contributed by atoms with van der Waals surface area (Å²) in [5, 5.41) is 3.25. The second kappa shape index (κ2) is 7.50. The Hall–Kier alpha value is -3.48. The van der Waals surface area contributed by atoms with Crippen LogP contribution >= 0.6 is 0 Å². The van der Waals surface area contributed by atoms with Crippen LogP contribution in [0.25, 0.3) is 11.0 Å². The van der Waals surface area contributed by atoms with E-state index in [9.17, 15) is 4.79 Å². The van der Waals surface area contributed by atoms with Crippen molar-refractivity contribution < 1.29 is 19.0 Å². The van der Waals surface area contributed by atoms with Gasteiger partial charge in [-0.2, -0.15) is 0 Å². The minimum Gasteiger partial charge on any atom is -0.493 e. The summed E-state index contributed by atoms with van der Waals surface area (Å²) in [6, 6.07) is 13.1. The first-order valence-corrected chi connectivity index (χ1v) is 9.42. The SMILES string of the molecule is CCOc1ccc([C@@H]2C(C(=O)OC)=C(C)Nc3nc4ccccc4n32)cc1OC. The third-order valence-electron chi connectivity index (χ3n) is 5.04. The lowest BCUT2D eigenvalue weighted by atomic mass is 9.94. The molecule has 1 atom stereocenters. The van der Waals surface area contributed by atoms with Crippen LogP contribution in [0.1, 0.15) is 25.5 Å². The summed E-state index contributed by atoms with van der Waals surface area (Å²) in [5.41, 5.74) is 3.86. The first-order valence-electron chi connectivity index (χ1n) is 9.42. The Labute approximate surface area is 168 Å². The first-order chi connectivity index (χ1) is 14.1. The summed E-state index contributed by atoms with van der Waals surface area (Å²) in [4.78, 5) is 17.4. The maximum Gasteiger partial charge on any atom is 0.337 e. The van der Waals surface area contributed by atoms with Crippen molar-refractivity contribution in [2.45, 2.75) is 19.9 Å². The molecule has 0 spiro atoms. The van der Waals surface area contributed by atoms with Crippen molar-refractivity contribution in [3.8, 4) is 11.5 Å². The van der Waals surface area contributed by atoms with Gasteiger partial charge in [0.25, 0.3) is 0 Å². The highest BCUT2D eigenvalue weighted by Gasteiger charge is 2.35. The molecule has 0 amide bonds. The van der Waals surface area contributed by atoms with E-state index in [0.717, 1.165) is 16.6 Å². The van der Waals surface area contributed by atoms with Gasteiger partial charge in [-0.05, 0) is 43.7 Å². The van der Waals surface area contributed by atoms with Crippen LogP contribution in [0.15, 0.2) is 53.7 Å². The number of ether oxygens (including phenoxy) is 3. The van der Waals surface area contributed by atoms with E-state index in [4.69, 9.17) is 19.2 Å². The van der Waals surface area contributed by atoms with Gasteiger partial charge < -0.3 is 19.5 Å². The third kappa shape index (κ3) is 3.08. The van der Waals surface area contributed by atoms with Crippen LogP contribution in [0.3, 0.4) is 0 Å². The number of carbonyl (C=O) groups is 1. The van der Waals surface area contributed by atoms with E-state index in [1.54, 1.807) is 7.11 Å². The maximum atomic E-state index is 12.7. The smallest absolute Gasteiger partial charge is 0.337 e. The minimum absolute atomic E-state index is 0.392. The highest BCUT2D eigenvalue weighted by atomic mass is 16.5. The molecule has 4 rings (SSSR count). The minimum atomic E-state index is -0.421. The summed E-state index contributed by atoms with van der Waals surface area (Å²) in [7, 11) is 2.99. The lowest BCUT2D eigenvalue weighted by Gasteiger charge is -2.30. The molecule has 3 aromatic rings. The molecule has 2 heterocycles. The Morgan fingerprint density at radius 2 is 1.97 bits per heavy atom. The van der Waals surface area contributed by atoms with E-state index in [2.05, 4.69) is 5.32 Å². The number of fused-ring (bicyclic) bond motifs is 3. The molecule has 1 aromatic heterocycles.